The van der Waals surface area contributed by atoms with Gasteiger partial charge >= 0.3 is 6.03 Å². The van der Waals surface area contributed by atoms with Gasteiger partial charge in [-0.25, -0.2) is 4.79 Å². The van der Waals surface area contributed by atoms with Gasteiger partial charge in [-0.2, -0.15) is 5.10 Å². The van der Waals surface area contributed by atoms with Crippen molar-refractivity contribution >= 4 is 17.6 Å². The van der Waals surface area contributed by atoms with Crippen molar-refractivity contribution in [1.29, 1.82) is 0 Å². The molecule has 1 fully saturated rings. The van der Waals surface area contributed by atoms with Gasteiger partial charge in [-0.3, -0.25) is 9.67 Å². The Bertz CT molecular complexity index is 949. The first kappa shape index (κ1) is 19.5. The molecule has 1 saturated carbocycles. The number of nitrogens with zero attached hydrogens (tertiary/aromatic N) is 3. The predicted molar refractivity (Wildman–Crippen MR) is 113 cm³/mol. The van der Waals surface area contributed by atoms with Crippen molar-refractivity contribution < 1.29 is 4.79 Å². The van der Waals surface area contributed by atoms with Crippen LogP contribution < -0.4 is 10.6 Å². The van der Waals surface area contributed by atoms with E-state index >= 15 is 0 Å². The average molecular weight is 410 g/mol. The fourth-order valence-electron chi connectivity index (χ4n) is 3.68. The average Bonchev–Trinajstić information content (AvgIpc) is 3.42. The summed E-state index contributed by atoms with van der Waals surface area (Å²) in [5, 5.41) is 11.2. The van der Waals surface area contributed by atoms with Crippen LogP contribution in [0.3, 0.4) is 0 Å². The third-order valence-corrected chi connectivity index (χ3v) is 5.43. The highest BCUT2D eigenvalue weighted by atomic mass is 35.5. The summed E-state index contributed by atoms with van der Waals surface area (Å²) in [7, 11) is 0. The number of hydrogen-bond acceptors (Lipinski definition) is 3. The van der Waals surface area contributed by atoms with E-state index in [4.69, 9.17) is 16.7 Å². The molecular weight excluding hydrogens is 386 g/mol. The van der Waals surface area contributed by atoms with Crippen LogP contribution in [0.25, 0.3) is 11.4 Å². The number of pyridine rings is 1. The lowest BCUT2D eigenvalue weighted by molar-refractivity contribution is 0.240. The minimum Gasteiger partial charge on any atom is -0.334 e. The minimum atomic E-state index is -0.227. The van der Waals surface area contributed by atoms with E-state index in [9.17, 15) is 4.79 Å². The van der Waals surface area contributed by atoms with Gasteiger partial charge < -0.3 is 10.6 Å². The van der Waals surface area contributed by atoms with Crippen molar-refractivity contribution in [3.8, 4) is 11.4 Å². The van der Waals surface area contributed by atoms with Crippen molar-refractivity contribution in [3.05, 3.63) is 71.0 Å². The number of carbonyl (C=O) groups excluding carboxylic acids is 1. The molecule has 1 aromatic carbocycles. The molecule has 7 heteroatoms. The summed E-state index contributed by atoms with van der Waals surface area (Å²) in [4.78, 5) is 16.7. The highest BCUT2D eigenvalue weighted by Gasteiger charge is 2.22. The number of rotatable bonds is 6. The van der Waals surface area contributed by atoms with Crippen molar-refractivity contribution in [3.63, 3.8) is 0 Å². The topological polar surface area (TPSA) is 71.8 Å². The van der Waals surface area contributed by atoms with Crippen molar-refractivity contribution in [2.45, 2.75) is 44.8 Å². The molecule has 29 heavy (non-hydrogen) atoms. The van der Waals surface area contributed by atoms with Gasteiger partial charge in [-0.05, 0) is 48.7 Å². The highest BCUT2D eigenvalue weighted by Crippen LogP contribution is 2.33. The van der Waals surface area contributed by atoms with E-state index < -0.39 is 0 Å². The lowest BCUT2D eigenvalue weighted by Gasteiger charge is -2.13. The van der Waals surface area contributed by atoms with E-state index in [1.165, 1.54) is 12.8 Å². The SMILES string of the molecule is O=C(NCc1ccc(Cl)cc1)NCc1cc(-c2ccccn2)n(C2CCCC2)n1. The molecule has 0 saturated heterocycles. The second kappa shape index (κ2) is 9.09. The van der Waals surface area contributed by atoms with Gasteiger partial charge in [0, 0.05) is 17.8 Å². The molecule has 150 valence electrons. The Morgan fingerprint density at radius 1 is 1.07 bits per heavy atom. The molecule has 0 radical (unpaired) electrons. The van der Waals surface area contributed by atoms with Crippen LogP contribution in [0.1, 0.15) is 43.0 Å². The monoisotopic (exact) mass is 409 g/mol. The van der Waals surface area contributed by atoms with Crippen LogP contribution in [0.4, 0.5) is 4.79 Å². The van der Waals surface area contributed by atoms with Gasteiger partial charge in [0.15, 0.2) is 0 Å². The molecule has 0 atom stereocenters. The van der Waals surface area contributed by atoms with E-state index in [0.29, 0.717) is 24.2 Å². The maximum Gasteiger partial charge on any atom is 0.315 e. The fourth-order valence-corrected chi connectivity index (χ4v) is 3.81. The zero-order valence-corrected chi connectivity index (χ0v) is 16.9. The number of nitrogens with one attached hydrogen (secondary N) is 2. The number of aromatic nitrogens is 3. The van der Waals surface area contributed by atoms with Crippen LogP contribution in [0.2, 0.25) is 5.02 Å². The molecule has 2 aromatic heterocycles. The standard InChI is InChI=1S/C22H24ClN5O/c23-17-10-8-16(9-11-17)14-25-22(29)26-15-18-13-21(20-7-3-4-12-24-20)28(27-18)19-5-1-2-6-19/h3-4,7-13,19H,1-2,5-6,14-15H2,(H2,25,26,29). The largest absolute Gasteiger partial charge is 0.334 e. The van der Waals surface area contributed by atoms with Gasteiger partial charge in [0.2, 0.25) is 0 Å². The zero-order chi connectivity index (χ0) is 20.1. The van der Waals surface area contributed by atoms with Crippen LogP contribution >= 0.6 is 11.6 Å². The Morgan fingerprint density at radius 3 is 2.55 bits per heavy atom. The summed E-state index contributed by atoms with van der Waals surface area (Å²) in [6.07, 6.45) is 6.52. The molecule has 6 nitrogen and oxygen atoms in total. The Balaban J connectivity index is 1.40. The number of urea groups is 1. The van der Waals surface area contributed by atoms with E-state index in [-0.39, 0.29) is 6.03 Å². The molecule has 0 bridgehead atoms. The number of benzene rings is 1. The molecule has 2 N–H and O–H groups in total. The molecule has 1 aliphatic carbocycles. The van der Waals surface area contributed by atoms with Gasteiger partial charge in [0.25, 0.3) is 0 Å². The predicted octanol–water partition coefficient (Wildman–Crippen LogP) is 4.71. The Kier molecular flexibility index (Phi) is 6.10. The number of amides is 2. The molecule has 0 unspecified atom stereocenters. The normalized spacial score (nSPS) is 14.1. The molecule has 2 heterocycles. The molecule has 0 spiro atoms. The van der Waals surface area contributed by atoms with E-state index in [1.807, 2.05) is 48.5 Å². The van der Waals surface area contributed by atoms with E-state index in [1.54, 1.807) is 6.20 Å². The summed E-state index contributed by atoms with van der Waals surface area (Å²) in [6, 6.07) is 15.5. The first-order valence-corrected chi connectivity index (χ1v) is 10.3. The second-order valence-electron chi connectivity index (χ2n) is 7.28. The number of hydrogen-bond donors (Lipinski definition) is 2. The zero-order valence-electron chi connectivity index (χ0n) is 16.1. The Labute approximate surface area is 175 Å². The van der Waals surface area contributed by atoms with E-state index in [0.717, 1.165) is 35.5 Å². The summed E-state index contributed by atoms with van der Waals surface area (Å²) in [5.74, 6) is 0. The maximum atomic E-state index is 12.2. The smallest absolute Gasteiger partial charge is 0.315 e. The number of carbonyl (C=O) groups is 1. The maximum absolute atomic E-state index is 12.2. The van der Waals surface area contributed by atoms with Crippen LogP contribution in [0.15, 0.2) is 54.7 Å². The van der Waals surface area contributed by atoms with Crippen LogP contribution in [0, 0.1) is 0 Å². The summed E-state index contributed by atoms with van der Waals surface area (Å²) < 4.78 is 2.10. The molecule has 3 aromatic rings. The van der Waals surface area contributed by atoms with E-state index in [2.05, 4.69) is 20.3 Å². The van der Waals surface area contributed by atoms with Crippen molar-refractivity contribution in [1.82, 2.24) is 25.4 Å². The molecule has 1 aliphatic rings. The second-order valence-corrected chi connectivity index (χ2v) is 7.72. The lowest BCUT2D eigenvalue weighted by Crippen LogP contribution is -2.34. The van der Waals surface area contributed by atoms with Crippen molar-refractivity contribution in [2.24, 2.45) is 0 Å². The van der Waals surface area contributed by atoms with Crippen LogP contribution in [-0.4, -0.2) is 20.8 Å². The molecule has 0 aliphatic heterocycles. The van der Waals surface area contributed by atoms with Gasteiger partial charge in [0.05, 0.1) is 29.7 Å². The van der Waals surface area contributed by atoms with Gasteiger partial charge in [-0.15, -0.1) is 0 Å². The quantitative estimate of drug-likeness (QED) is 0.619. The molecule has 4 rings (SSSR count). The van der Waals surface area contributed by atoms with Crippen molar-refractivity contribution in [2.75, 3.05) is 0 Å². The minimum absolute atomic E-state index is 0.227. The highest BCUT2D eigenvalue weighted by molar-refractivity contribution is 6.30. The summed E-state index contributed by atoms with van der Waals surface area (Å²) in [6.45, 7) is 0.810. The van der Waals surface area contributed by atoms with Crippen LogP contribution in [-0.2, 0) is 13.1 Å². The lowest BCUT2D eigenvalue weighted by atomic mass is 10.2. The van der Waals surface area contributed by atoms with Crippen LogP contribution in [0.5, 0.6) is 0 Å². The van der Waals surface area contributed by atoms with Gasteiger partial charge in [-0.1, -0.05) is 42.6 Å². The first-order valence-electron chi connectivity index (χ1n) is 9.95. The Morgan fingerprint density at radius 2 is 1.83 bits per heavy atom. The third kappa shape index (κ3) is 4.95. The van der Waals surface area contributed by atoms with Gasteiger partial charge in [0.1, 0.15) is 0 Å². The number of halogens is 1. The summed E-state index contributed by atoms with van der Waals surface area (Å²) in [5.41, 5.74) is 3.74. The fraction of sp³-hybridized carbons (Fsp3) is 0.318. The first-order chi connectivity index (χ1) is 14.2. The molecular formula is C22H24ClN5O. The third-order valence-electron chi connectivity index (χ3n) is 5.18. The molecule has 2 amide bonds. The summed E-state index contributed by atoms with van der Waals surface area (Å²) >= 11 is 5.88. The Hall–Kier alpha value is -2.86.